The number of hydrogen-bond donors (Lipinski definition) is 0. The number of fused-ring (bicyclic) bond motifs is 6. The number of unbranched alkanes of at least 4 members (excludes halogenated alkanes) is 15. The van der Waals surface area contributed by atoms with Gasteiger partial charge in [0.1, 0.15) is 5.75 Å². The third kappa shape index (κ3) is 14.6. The fourth-order valence-corrected chi connectivity index (χ4v) is 14.1. The summed E-state index contributed by atoms with van der Waals surface area (Å²) in [7, 11) is 0. The van der Waals surface area contributed by atoms with Crippen molar-refractivity contribution in [1.29, 1.82) is 0 Å². The van der Waals surface area contributed by atoms with E-state index in [1.54, 1.807) is 11.1 Å². The van der Waals surface area contributed by atoms with E-state index in [9.17, 15) is 0 Å². The Bertz CT molecular complexity index is 3310. The predicted molar refractivity (Wildman–Crippen MR) is 354 cm³/mol. The van der Waals surface area contributed by atoms with E-state index >= 15 is 0 Å². The lowest BCUT2D eigenvalue weighted by Gasteiger charge is -2.33. The molecule has 0 bridgehead atoms. The number of benzene rings is 7. The van der Waals surface area contributed by atoms with Crippen LogP contribution >= 0.6 is 0 Å². The van der Waals surface area contributed by atoms with Gasteiger partial charge in [-0.1, -0.05) is 226 Å². The fraction of sp³-hybridized carbons (Fsp3) is 0.468. The Morgan fingerprint density at radius 1 is 0.410 bits per heavy atom. The molecule has 0 spiro atoms. The Morgan fingerprint density at radius 3 is 1.37 bits per heavy atom. The predicted octanol–water partition coefficient (Wildman–Crippen LogP) is 22.9. The lowest BCUT2D eigenvalue weighted by Crippen LogP contribution is -2.26. The van der Waals surface area contributed by atoms with E-state index < -0.39 is 0 Å². The SMILES string of the molecule is CCCCCCCCOc1c(C)cc(-n2c3ccc(C)cc3c3cc(-c4ccc5c(c4)C(CCCCCCCC)(CCCCCCCC)c4cc(-c6ccc(COC7CCC(OCc8ccc(C)cc8)CC7)cc6)ccc4-5)ccc32)cc1C. The summed E-state index contributed by atoms with van der Waals surface area (Å²) in [6.45, 7) is 17.9. The molecule has 10 rings (SSSR count). The molecular weight excluding hydrogens is 1010 g/mol. The molecule has 0 aliphatic heterocycles. The molecule has 438 valence electrons. The maximum absolute atomic E-state index is 6.58. The first kappa shape index (κ1) is 60.2. The number of ether oxygens (including phenoxy) is 3. The zero-order valence-corrected chi connectivity index (χ0v) is 52.1. The van der Waals surface area contributed by atoms with Crippen LogP contribution in [0.2, 0.25) is 0 Å². The van der Waals surface area contributed by atoms with Gasteiger partial charge < -0.3 is 18.8 Å². The summed E-state index contributed by atoms with van der Waals surface area (Å²) in [5, 5.41) is 2.61. The monoisotopic (exact) mass is 1110 g/mol. The van der Waals surface area contributed by atoms with Gasteiger partial charge in [0.25, 0.3) is 0 Å². The Hall–Kier alpha value is -5.94. The molecule has 0 radical (unpaired) electrons. The average molecular weight is 1110 g/mol. The molecule has 4 nitrogen and oxygen atoms in total. The van der Waals surface area contributed by atoms with Crippen molar-refractivity contribution >= 4 is 21.8 Å². The van der Waals surface area contributed by atoms with Gasteiger partial charge in [-0.2, -0.15) is 0 Å². The van der Waals surface area contributed by atoms with E-state index in [0.717, 1.165) is 44.5 Å². The number of rotatable bonds is 31. The van der Waals surface area contributed by atoms with Crippen molar-refractivity contribution in [3.05, 3.63) is 178 Å². The van der Waals surface area contributed by atoms with Crippen molar-refractivity contribution in [3.63, 3.8) is 0 Å². The maximum atomic E-state index is 6.58. The van der Waals surface area contributed by atoms with Crippen molar-refractivity contribution in [3.8, 4) is 44.8 Å². The standard InChI is InChI=1S/C79H99NO3/c1-8-11-14-17-20-23-46-79(47-24-21-18-15-12-9-2)74-53-65(63-33-31-62(32-34-63)56-83-69-40-38-68(39-41-69)82-55-61-29-26-57(4)27-30-61)35-42-70(74)71-43-36-66(54-75(71)79)64-37-45-77-73(52-64)72-49-58(5)28-44-76(72)80(77)67-50-59(6)78(60(7)51-67)81-48-25-22-19-16-13-10-3/h26-37,42-45,49-54,68-69H,8-25,38-41,46-48,55-56H2,1-7H3. The molecule has 4 heteroatoms. The number of aromatic nitrogens is 1. The molecule has 0 amide bonds. The maximum Gasteiger partial charge on any atom is 0.125 e. The van der Waals surface area contributed by atoms with Gasteiger partial charge in [0.15, 0.2) is 0 Å². The first-order valence-electron chi connectivity index (χ1n) is 33.1. The molecule has 1 heterocycles. The third-order valence-electron chi connectivity index (χ3n) is 19.0. The lowest BCUT2D eigenvalue weighted by molar-refractivity contribution is -0.0419. The van der Waals surface area contributed by atoms with Crippen molar-refractivity contribution in [1.82, 2.24) is 4.57 Å². The highest BCUT2D eigenvalue weighted by Crippen LogP contribution is 2.56. The van der Waals surface area contributed by atoms with Crippen LogP contribution in [0.3, 0.4) is 0 Å². The van der Waals surface area contributed by atoms with Gasteiger partial charge in [-0.05, 0) is 188 Å². The minimum Gasteiger partial charge on any atom is -0.493 e. The highest BCUT2D eigenvalue weighted by Gasteiger charge is 2.43. The summed E-state index contributed by atoms with van der Waals surface area (Å²) in [6, 6.07) is 52.1. The summed E-state index contributed by atoms with van der Waals surface area (Å²) < 4.78 is 21.9. The smallest absolute Gasteiger partial charge is 0.125 e. The van der Waals surface area contributed by atoms with Gasteiger partial charge in [0.2, 0.25) is 0 Å². The normalized spacial score (nSPS) is 15.6. The topological polar surface area (TPSA) is 32.6 Å². The van der Waals surface area contributed by atoms with Crippen LogP contribution < -0.4 is 4.74 Å². The van der Waals surface area contributed by atoms with E-state index in [-0.39, 0.29) is 11.5 Å². The number of aryl methyl sites for hydroxylation is 4. The second kappa shape index (κ2) is 29.2. The van der Waals surface area contributed by atoms with Crippen LogP contribution in [0.15, 0.2) is 133 Å². The Kier molecular flexibility index (Phi) is 21.2. The van der Waals surface area contributed by atoms with Gasteiger partial charge in [0, 0.05) is 21.9 Å². The van der Waals surface area contributed by atoms with Crippen LogP contribution in [0.4, 0.5) is 0 Å². The molecule has 0 atom stereocenters. The molecule has 1 fully saturated rings. The first-order valence-corrected chi connectivity index (χ1v) is 33.1. The molecule has 1 aromatic heterocycles. The summed E-state index contributed by atoms with van der Waals surface area (Å²) in [4.78, 5) is 0. The zero-order chi connectivity index (χ0) is 57.5. The van der Waals surface area contributed by atoms with Gasteiger partial charge >= 0.3 is 0 Å². The molecule has 1 saturated carbocycles. The summed E-state index contributed by atoms with van der Waals surface area (Å²) in [5.41, 5.74) is 22.3. The minimum absolute atomic E-state index is 0.0534. The van der Waals surface area contributed by atoms with E-state index in [1.807, 2.05) is 0 Å². The molecular formula is C79H99NO3. The minimum atomic E-state index is -0.0534. The van der Waals surface area contributed by atoms with Crippen LogP contribution in [-0.4, -0.2) is 23.4 Å². The van der Waals surface area contributed by atoms with Gasteiger partial charge in [-0.25, -0.2) is 0 Å². The van der Waals surface area contributed by atoms with Crippen LogP contribution in [0.25, 0.3) is 60.9 Å². The molecule has 0 N–H and O–H groups in total. The van der Waals surface area contributed by atoms with Crippen LogP contribution in [0.5, 0.6) is 5.75 Å². The van der Waals surface area contributed by atoms with Crippen LogP contribution in [0.1, 0.15) is 219 Å². The quantitative estimate of drug-likeness (QED) is 0.0406. The Morgan fingerprint density at radius 2 is 0.831 bits per heavy atom. The highest BCUT2D eigenvalue weighted by molar-refractivity contribution is 6.11. The summed E-state index contributed by atoms with van der Waals surface area (Å²) in [5.74, 6) is 1.04. The van der Waals surface area contributed by atoms with Gasteiger partial charge in [-0.3, -0.25) is 0 Å². The Labute approximate surface area is 500 Å². The second-order valence-corrected chi connectivity index (χ2v) is 25.5. The van der Waals surface area contributed by atoms with E-state index in [4.69, 9.17) is 14.2 Å². The third-order valence-corrected chi connectivity index (χ3v) is 19.0. The highest BCUT2D eigenvalue weighted by atomic mass is 16.5. The fourth-order valence-electron chi connectivity index (χ4n) is 14.1. The number of hydrogen-bond acceptors (Lipinski definition) is 3. The van der Waals surface area contributed by atoms with Crippen molar-refractivity contribution < 1.29 is 14.2 Å². The van der Waals surface area contributed by atoms with Gasteiger partial charge in [-0.15, -0.1) is 0 Å². The molecule has 2 aliphatic rings. The zero-order valence-electron chi connectivity index (χ0n) is 52.1. The molecule has 7 aromatic carbocycles. The van der Waals surface area contributed by atoms with Crippen LogP contribution in [-0.2, 0) is 28.1 Å². The average Bonchev–Trinajstić information content (AvgIpc) is 1.76. The van der Waals surface area contributed by atoms with Crippen LogP contribution in [0, 0.1) is 27.7 Å². The molecule has 8 aromatic rings. The summed E-state index contributed by atoms with van der Waals surface area (Å²) in [6.07, 6.45) is 30.4. The molecule has 2 aliphatic carbocycles. The summed E-state index contributed by atoms with van der Waals surface area (Å²) >= 11 is 0. The number of nitrogens with zero attached hydrogens (tertiary/aromatic N) is 1. The van der Waals surface area contributed by atoms with E-state index in [2.05, 4.69) is 186 Å². The van der Waals surface area contributed by atoms with Gasteiger partial charge in [0.05, 0.1) is 43.1 Å². The van der Waals surface area contributed by atoms with E-state index in [1.165, 1.54) is 216 Å². The Balaban J connectivity index is 0.926. The van der Waals surface area contributed by atoms with E-state index in [0.29, 0.717) is 19.3 Å². The lowest BCUT2D eigenvalue weighted by atomic mass is 9.70. The van der Waals surface area contributed by atoms with Crippen molar-refractivity contribution in [2.24, 2.45) is 0 Å². The molecule has 0 saturated heterocycles. The molecule has 0 unspecified atom stereocenters. The largest absolute Gasteiger partial charge is 0.493 e. The first-order chi connectivity index (χ1) is 40.7. The molecule has 83 heavy (non-hydrogen) atoms. The van der Waals surface area contributed by atoms with Crippen molar-refractivity contribution in [2.75, 3.05) is 6.61 Å². The van der Waals surface area contributed by atoms with Crippen molar-refractivity contribution in [2.45, 2.75) is 233 Å². The second-order valence-electron chi connectivity index (χ2n) is 25.5.